The third kappa shape index (κ3) is 4.16. The molecule has 38 heavy (non-hydrogen) atoms. The predicted molar refractivity (Wildman–Crippen MR) is 140 cm³/mol. The number of benzene rings is 4. The number of aryl methyl sites for hydroxylation is 2. The van der Waals surface area contributed by atoms with Gasteiger partial charge in [0.05, 0.1) is 14.2 Å². The van der Waals surface area contributed by atoms with Gasteiger partial charge in [-0.1, -0.05) is 0 Å². The molecule has 6 rings (SSSR count). The summed E-state index contributed by atoms with van der Waals surface area (Å²) in [6, 6.07) is 22.2. The summed E-state index contributed by atoms with van der Waals surface area (Å²) in [6.45, 7) is 3.78. The first-order valence-corrected chi connectivity index (χ1v) is 12.2. The van der Waals surface area contributed by atoms with Crippen molar-refractivity contribution >= 4 is 5.78 Å². The van der Waals surface area contributed by atoms with Crippen LogP contribution >= 0.6 is 0 Å². The molecule has 2 aliphatic heterocycles. The molecule has 0 saturated heterocycles. The zero-order valence-corrected chi connectivity index (χ0v) is 21.4. The lowest BCUT2D eigenvalue weighted by molar-refractivity contribution is 0.0484. The van der Waals surface area contributed by atoms with E-state index in [4.69, 9.17) is 28.4 Å². The highest BCUT2D eigenvalue weighted by Crippen LogP contribution is 2.45. The number of fused-ring (bicyclic) bond motifs is 2. The highest BCUT2D eigenvalue weighted by Gasteiger charge is 2.31. The first kappa shape index (κ1) is 23.7. The van der Waals surface area contributed by atoms with Gasteiger partial charge in [0.1, 0.15) is 11.5 Å². The molecule has 2 aliphatic rings. The van der Waals surface area contributed by atoms with Crippen LogP contribution in [0.25, 0.3) is 0 Å². The first-order chi connectivity index (χ1) is 18.4. The third-order valence-corrected chi connectivity index (χ3v) is 6.78. The molecule has 2 unspecified atom stereocenters. The lowest BCUT2D eigenvalue weighted by Gasteiger charge is -2.11. The van der Waals surface area contributed by atoms with Gasteiger partial charge in [0, 0.05) is 22.3 Å². The summed E-state index contributed by atoms with van der Waals surface area (Å²) in [4.78, 5) is 13.7. The molecule has 0 aromatic heterocycles. The predicted octanol–water partition coefficient (Wildman–Crippen LogP) is 6.49. The van der Waals surface area contributed by atoms with Crippen LogP contribution in [-0.4, -0.2) is 20.0 Å². The van der Waals surface area contributed by atoms with Crippen LogP contribution in [0.5, 0.6) is 34.5 Å². The van der Waals surface area contributed by atoms with Gasteiger partial charge in [-0.05, 0) is 97.8 Å². The molecule has 0 amide bonds. The van der Waals surface area contributed by atoms with E-state index in [9.17, 15) is 4.79 Å². The molecule has 7 heteroatoms. The van der Waals surface area contributed by atoms with E-state index in [0.29, 0.717) is 34.1 Å². The number of rotatable bonds is 6. The average Bonchev–Trinajstić information content (AvgIpc) is 3.55. The zero-order valence-electron chi connectivity index (χ0n) is 21.4. The minimum Gasteiger partial charge on any atom is -0.497 e. The van der Waals surface area contributed by atoms with Crippen molar-refractivity contribution in [3.63, 3.8) is 0 Å². The van der Waals surface area contributed by atoms with Crippen LogP contribution in [0.3, 0.4) is 0 Å². The van der Waals surface area contributed by atoms with Gasteiger partial charge < -0.3 is 28.4 Å². The standard InChI is InChI=1S/C31H26O7/c1-17-13-25-27(37-30(35-25)19-5-9-21(33-3)10-6-19)15-23(17)29(32)24-16-28-26(14-18(24)2)36-31(38-28)20-7-11-22(34-4)12-8-20/h5-16,30-31H,1-4H3. The van der Waals surface area contributed by atoms with E-state index in [0.717, 1.165) is 33.8 Å². The lowest BCUT2D eigenvalue weighted by Crippen LogP contribution is -2.08. The van der Waals surface area contributed by atoms with Crippen LogP contribution in [0, 0.1) is 13.8 Å². The van der Waals surface area contributed by atoms with E-state index < -0.39 is 12.6 Å². The number of methoxy groups -OCH3 is 2. The van der Waals surface area contributed by atoms with Crippen molar-refractivity contribution in [2.45, 2.75) is 26.4 Å². The van der Waals surface area contributed by atoms with Crippen LogP contribution in [0.2, 0.25) is 0 Å². The summed E-state index contributed by atoms with van der Waals surface area (Å²) < 4.78 is 34.6. The first-order valence-electron chi connectivity index (χ1n) is 12.2. The molecule has 0 bridgehead atoms. The Bertz CT molecular complexity index is 1410. The van der Waals surface area contributed by atoms with Gasteiger partial charge >= 0.3 is 0 Å². The minimum atomic E-state index is -0.595. The fourth-order valence-corrected chi connectivity index (χ4v) is 4.63. The van der Waals surface area contributed by atoms with Crippen molar-refractivity contribution < 1.29 is 33.2 Å². The Labute approximate surface area is 220 Å². The van der Waals surface area contributed by atoms with Gasteiger partial charge in [0.2, 0.25) is 0 Å². The summed E-state index contributed by atoms with van der Waals surface area (Å²) in [7, 11) is 3.24. The van der Waals surface area contributed by atoms with Gasteiger partial charge in [-0.25, -0.2) is 0 Å². The Balaban J connectivity index is 1.24. The molecule has 0 spiro atoms. The highest BCUT2D eigenvalue weighted by atomic mass is 16.7. The number of ether oxygens (including phenoxy) is 6. The summed E-state index contributed by atoms with van der Waals surface area (Å²) in [5.41, 5.74) is 4.37. The summed E-state index contributed by atoms with van der Waals surface area (Å²) in [5, 5.41) is 0. The average molecular weight is 511 g/mol. The van der Waals surface area contributed by atoms with Crippen LogP contribution in [0.15, 0.2) is 72.8 Å². The molecule has 0 aliphatic carbocycles. The number of ketones is 1. The van der Waals surface area contributed by atoms with Gasteiger partial charge in [0.15, 0.2) is 28.8 Å². The van der Waals surface area contributed by atoms with Crippen LogP contribution in [0.1, 0.15) is 50.8 Å². The van der Waals surface area contributed by atoms with Crippen molar-refractivity contribution in [3.05, 3.63) is 106 Å². The Morgan fingerprint density at radius 3 is 1.26 bits per heavy atom. The van der Waals surface area contributed by atoms with Crippen LogP contribution in [0.4, 0.5) is 0 Å². The second-order valence-corrected chi connectivity index (χ2v) is 9.24. The maximum absolute atomic E-state index is 13.7. The number of carbonyl (C=O) groups excluding carboxylic acids is 1. The monoisotopic (exact) mass is 510 g/mol. The molecule has 0 N–H and O–H groups in total. The molecule has 4 aromatic carbocycles. The maximum Gasteiger partial charge on any atom is 0.267 e. The number of hydrogen-bond acceptors (Lipinski definition) is 7. The molecular weight excluding hydrogens is 484 g/mol. The Morgan fingerprint density at radius 1 is 0.579 bits per heavy atom. The van der Waals surface area contributed by atoms with Gasteiger partial charge in [-0.3, -0.25) is 4.79 Å². The summed E-state index contributed by atoms with van der Waals surface area (Å²) in [5.74, 6) is 3.63. The van der Waals surface area contributed by atoms with Crippen molar-refractivity contribution in [3.8, 4) is 34.5 Å². The van der Waals surface area contributed by atoms with Crippen molar-refractivity contribution in [1.82, 2.24) is 0 Å². The molecular formula is C31H26O7. The van der Waals surface area contributed by atoms with Crippen LogP contribution < -0.4 is 28.4 Å². The van der Waals surface area contributed by atoms with Crippen LogP contribution in [-0.2, 0) is 0 Å². The molecule has 7 nitrogen and oxygen atoms in total. The molecule has 192 valence electrons. The smallest absolute Gasteiger partial charge is 0.267 e. The van der Waals surface area contributed by atoms with Crippen molar-refractivity contribution in [2.24, 2.45) is 0 Å². The Hall–Kier alpha value is -4.65. The normalized spacial score (nSPS) is 16.8. The third-order valence-electron chi connectivity index (χ3n) is 6.78. The van der Waals surface area contributed by atoms with E-state index in [2.05, 4.69) is 0 Å². The Morgan fingerprint density at radius 2 is 0.921 bits per heavy atom. The quantitative estimate of drug-likeness (QED) is 0.275. The zero-order chi connectivity index (χ0) is 26.4. The summed E-state index contributed by atoms with van der Waals surface area (Å²) >= 11 is 0. The number of hydrogen-bond donors (Lipinski definition) is 0. The topological polar surface area (TPSA) is 72.5 Å². The van der Waals surface area contributed by atoms with Gasteiger partial charge in [0.25, 0.3) is 12.6 Å². The molecule has 0 radical (unpaired) electrons. The second kappa shape index (κ2) is 9.34. The SMILES string of the molecule is COc1ccc(C2Oc3cc(C)c(C(=O)c4cc5c(cc4C)OC(c4ccc(OC)cc4)O5)cc3O2)cc1. The van der Waals surface area contributed by atoms with Crippen molar-refractivity contribution in [2.75, 3.05) is 14.2 Å². The fourth-order valence-electron chi connectivity index (χ4n) is 4.63. The fraction of sp³-hybridized carbons (Fsp3) is 0.194. The largest absolute Gasteiger partial charge is 0.497 e. The van der Waals surface area contributed by atoms with E-state index in [1.165, 1.54) is 0 Å². The van der Waals surface area contributed by atoms with Gasteiger partial charge in [-0.2, -0.15) is 0 Å². The van der Waals surface area contributed by atoms with E-state index in [1.807, 2.05) is 74.5 Å². The lowest BCUT2D eigenvalue weighted by atomic mass is 9.95. The molecule has 2 heterocycles. The van der Waals surface area contributed by atoms with Gasteiger partial charge in [-0.15, -0.1) is 0 Å². The molecule has 2 atom stereocenters. The Kier molecular flexibility index (Phi) is 5.83. The van der Waals surface area contributed by atoms with E-state index in [1.54, 1.807) is 26.4 Å². The minimum absolute atomic E-state index is 0.126. The highest BCUT2D eigenvalue weighted by molar-refractivity contribution is 6.11. The molecule has 0 fully saturated rings. The summed E-state index contributed by atoms with van der Waals surface area (Å²) in [6.07, 6.45) is -1.19. The van der Waals surface area contributed by atoms with Crippen molar-refractivity contribution in [1.29, 1.82) is 0 Å². The second-order valence-electron chi connectivity index (χ2n) is 9.24. The van der Waals surface area contributed by atoms with E-state index >= 15 is 0 Å². The maximum atomic E-state index is 13.7. The number of carbonyl (C=O) groups is 1. The molecule has 4 aromatic rings. The molecule has 0 saturated carbocycles. The van der Waals surface area contributed by atoms with E-state index in [-0.39, 0.29) is 5.78 Å².